The Kier molecular flexibility index (Phi) is 5.84. The van der Waals surface area contributed by atoms with E-state index in [4.69, 9.17) is 14.5 Å². The number of cyclic esters (lactones) is 1. The van der Waals surface area contributed by atoms with Crippen LogP contribution in [-0.4, -0.2) is 50.8 Å². The monoisotopic (exact) mass is 503 g/mol. The number of benzene rings is 1. The molecule has 2 atom stereocenters. The number of carbonyl (C=O) groups excluding carboxylic acids is 1. The molecule has 1 saturated heterocycles. The van der Waals surface area contributed by atoms with Crippen molar-refractivity contribution in [1.82, 2.24) is 14.5 Å². The number of likely N-dealkylation sites (tertiary alicyclic amines) is 1. The second kappa shape index (κ2) is 9.08. The molecular weight excluding hydrogens is 474 g/mol. The lowest BCUT2D eigenvalue weighted by Gasteiger charge is -2.42. The van der Waals surface area contributed by atoms with Crippen LogP contribution in [0.5, 0.6) is 0 Å². The number of nitrogens with zero attached hydrogens (tertiary/aromatic N) is 3. The van der Waals surface area contributed by atoms with Gasteiger partial charge in [0.15, 0.2) is 5.60 Å². The molecule has 0 amide bonds. The largest absolute Gasteiger partial charge is 0.481 e. The van der Waals surface area contributed by atoms with Crippen molar-refractivity contribution in [2.45, 2.75) is 64.0 Å². The van der Waals surface area contributed by atoms with Gasteiger partial charge in [-0.05, 0) is 37.5 Å². The Morgan fingerprint density at radius 2 is 1.97 bits per heavy atom. The molecule has 1 fully saturated rings. The fourth-order valence-corrected chi connectivity index (χ4v) is 5.94. The summed E-state index contributed by atoms with van der Waals surface area (Å²) in [5, 5.41) is 10.6. The van der Waals surface area contributed by atoms with Gasteiger partial charge in [0.1, 0.15) is 12.8 Å². The maximum Gasteiger partial charge on any atom is 0.343 e. The van der Waals surface area contributed by atoms with E-state index in [-0.39, 0.29) is 25.0 Å². The zero-order chi connectivity index (χ0) is 25.7. The van der Waals surface area contributed by atoms with Crippen LogP contribution in [0.3, 0.4) is 0 Å². The zero-order valence-electron chi connectivity index (χ0n) is 20.7. The van der Waals surface area contributed by atoms with E-state index in [1.165, 1.54) is 0 Å². The third-order valence-corrected chi connectivity index (χ3v) is 7.87. The molecule has 0 spiro atoms. The summed E-state index contributed by atoms with van der Waals surface area (Å²) in [7, 11) is 0. The molecular formula is C28H29N3O6. The number of ether oxygens (including phenoxy) is 2. The van der Waals surface area contributed by atoms with Crippen molar-refractivity contribution in [1.29, 1.82) is 0 Å². The fourth-order valence-electron chi connectivity index (χ4n) is 5.94. The second-order valence-corrected chi connectivity index (χ2v) is 10.0. The maximum absolute atomic E-state index is 13.7. The topological polar surface area (TPSA) is 111 Å². The first-order valence-corrected chi connectivity index (χ1v) is 12.9. The van der Waals surface area contributed by atoms with Gasteiger partial charge < -0.3 is 19.1 Å². The standard InChI is InChI=1S/C28H29N3O6/c1-2-28(37-23(14-24(32)33)30-10-6-3-7-11-30)20-13-22-25-18(12-17-8-4-5-9-21(17)29-25)15-31(22)26(34)19(20)16-36-27(28)35/h4-5,8-9,12-13,23H,2-3,6-7,10-11,14-16H2,1H3,(H,32,33)/t23?,28-/m0/s1. The van der Waals surface area contributed by atoms with Crippen molar-refractivity contribution >= 4 is 22.8 Å². The number of carboxylic acid groups (broad SMARTS) is 1. The van der Waals surface area contributed by atoms with Gasteiger partial charge in [-0.2, -0.15) is 0 Å². The van der Waals surface area contributed by atoms with Crippen molar-refractivity contribution in [2.24, 2.45) is 0 Å². The number of hydrogen-bond donors (Lipinski definition) is 1. The van der Waals surface area contributed by atoms with Gasteiger partial charge >= 0.3 is 11.9 Å². The lowest BCUT2D eigenvalue weighted by Crippen LogP contribution is -2.52. The van der Waals surface area contributed by atoms with E-state index < -0.39 is 23.8 Å². The van der Waals surface area contributed by atoms with Gasteiger partial charge in [-0.3, -0.25) is 14.5 Å². The van der Waals surface area contributed by atoms with Crippen molar-refractivity contribution in [3.05, 3.63) is 63.4 Å². The number of pyridine rings is 2. The highest BCUT2D eigenvalue weighted by Crippen LogP contribution is 2.42. The van der Waals surface area contributed by atoms with E-state index >= 15 is 0 Å². The first kappa shape index (κ1) is 23.8. The number of aromatic nitrogens is 2. The number of hydrogen-bond acceptors (Lipinski definition) is 7. The van der Waals surface area contributed by atoms with E-state index in [0.29, 0.717) is 42.1 Å². The van der Waals surface area contributed by atoms with Crippen LogP contribution in [-0.2, 0) is 37.8 Å². The number of rotatable bonds is 6. The van der Waals surface area contributed by atoms with Crippen LogP contribution >= 0.6 is 0 Å². The molecule has 3 aliphatic heterocycles. The van der Waals surface area contributed by atoms with E-state index in [1.807, 2.05) is 41.3 Å². The highest BCUT2D eigenvalue weighted by atomic mass is 16.6. The van der Waals surface area contributed by atoms with Gasteiger partial charge in [-0.1, -0.05) is 31.5 Å². The minimum Gasteiger partial charge on any atom is -0.481 e. The van der Waals surface area contributed by atoms with Crippen LogP contribution in [0.15, 0.2) is 41.2 Å². The SMILES string of the molecule is CC[C@@]1(OC(CC(=O)O)N2CCCCC2)C(=O)OCc2c1cc1n(c2=O)Cc2cc3ccccc3nc2-1. The van der Waals surface area contributed by atoms with Crippen LogP contribution < -0.4 is 5.56 Å². The molecule has 1 N–H and O–H groups in total. The molecule has 3 aromatic rings. The Balaban J connectivity index is 1.49. The van der Waals surface area contributed by atoms with Crippen molar-refractivity contribution < 1.29 is 24.2 Å². The van der Waals surface area contributed by atoms with Gasteiger partial charge in [-0.15, -0.1) is 0 Å². The van der Waals surface area contributed by atoms with Crippen LogP contribution in [0.25, 0.3) is 22.3 Å². The van der Waals surface area contributed by atoms with E-state index in [2.05, 4.69) is 0 Å². The van der Waals surface area contributed by atoms with Crippen LogP contribution in [0.4, 0.5) is 0 Å². The predicted molar refractivity (Wildman–Crippen MR) is 135 cm³/mol. The summed E-state index contributed by atoms with van der Waals surface area (Å²) >= 11 is 0. The summed E-state index contributed by atoms with van der Waals surface area (Å²) in [6.07, 6.45) is 2.05. The first-order valence-electron chi connectivity index (χ1n) is 12.9. The normalized spacial score (nSPS) is 21.7. The molecule has 2 aromatic heterocycles. The zero-order valence-corrected chi connectivity index (χ0v) is 20.7. The molecule has 37 heavy (non-hydrogen) atoms. The number of para-hydroxylation sites is 1. The highest BCUT2D eigenvalue weighted by molar-refractivity contribution is 5.86. The highest BCUT2D eigenvalue weighted by Gasteiger charge is 2.50. The van der Waals surface area contributed by atoms with Gasteiger partial charge in [0.05, 0.1) is 35.4 Å². The smallest absolute Gasteiger partial charge is 0.343 e. The molecule has 0 aliphatic carbocycles. The maximum atomic E-state index is 13.7. The Labute approximate surface area is 213 Å². The van der Waals surface area contributed by atoms with E-state index in [0.717, 1.165) is 35.7 Å². The number of fused-ring (bicyclic) bond motifs is 5. The molecule has 9 heteroatoms. The van der Waals surface area contributed by atoms with Crippen molar-refractivity contribution in [3.8, 4) is 11.4 Å². The van der Waals surface area contributed by atoms with Crippen LogP contribution in [0.1, 0.15) is 55.7 Å². The van der Waals surface area contributed by atoms with Crippen LogP contribution in [0, 0.1) is 0 Å². The van der Waals surface area contributed by atoms with Gasteiger partial charge in [0.2, 0.25) is 0 Å². The van der Waals surface area contributed by atoms with Crippen molar-refractivity contribution in [2.75, 3.05) is 13.1 Å². The lowest BCUT2D eigenvalue weighted by molar-refractivity contribution is -0.210. The molecule has 0 saturated carbocycles. The number of esters is 1. The summed E-state index contributed by atoms with van der Waals surface area (Å²) in [6, 6.07) is 11.7. The molecule has 9 nitrogen and oxygen atoms in total. The van der Waals surface area contributed by atoms with Crippen molar-refractivity contribution in [3.63, 3.8) is 0 Å². The Morgan fingerprint density at radius 1 is 1.19 bits per heavy atom. The minimum atomic E-state index is -1.58. The number of piperidine rings is 1. The summed E-state index contributed by atoms with van der Waals surface area (Å²) in [4.78, 5) is 45.8. The average Bonchev–Trinajstić information content (AvgIpc) is 3.26. The van der Waals surface area contributed by atoms with E-state index in [9.17, 15) is 19.5 Å². The lowest BCUT2D eigenvalue weighted by atomic mass is 9.85. The number of carbonyl (C=O) groups is 2. The fraction of sp³-hybridized carbons (Fsp3) is 0.429. The van der Waals surface area contributed by atoms with Gasteiger partial charge in [-0.25, -0.2) is 9.78 Å². The molecule has 1 unspecified atom stereocenters. The molecule has 5 heterocycles. The Hall–Kier alpha value is -3.56. The predicted octanol–water partition coefficient (Wildman–Crippen LogP) is 3.39. The van der Waals surface area contributed by atoms with E-state index in [1.54, 1.807) is 11.5 Å². The third-order valence-electron chi connectivity index (χ3n) is 7.87. The molecule has 6 rings (SSSR count). The summed E-state index contributed by atoms with van der Waals surface area (Å²) in [6.45, 7) is 3.43. The summed E-state index contributed by atoms with van der Waals surface area (Å²) in [5.41, 5.74) is 2.10. The molecule has 0 bridgehead atoms. The molecule has 0 radical (unpaired) electrons. The number of aliphatic carboxylic acids is 1. The molecule has 192 valence electrons. The molecule has 3 aliphatic rings. The van der Waals surface area contributed by atoms with Gasteiger partial charge in [0.25, 0.3) is 5.56 Å². The average molecular weight is 504 g/mol. The minimum absolute atomic E-state index is 0.141. The Morgan fingerprint density at radius 3 is 2.73 bits per heavy atom. The summed E-state index contributed by atoms with van der Waals surface area (Å²) in [5.74, 6) is -1.60. The summed E-state index contributed by atoms with van der Waals surface area (Å²) < 4.78 is 13.7. The van der Waals surface area contributed by atoms with Gasteiger partial charge in [0, 0.05) is 29.6 Å². The second-order valence-electron chi connectivity index (χ2n) is 10.0. The molecule has 1 aromatic carbocycles. The quantitative estimate of drug-likeness (QED) is 0.399. The van der Waals surface area contributed by atoms with Crippen LogP contribution in [0.2, 0.25) is 0 Å². The number of carboxylic acids is 1. The third kappa shape index (κ3) is 3.84. The first-order chi connectivity index (χ1) is 17.9. The Bertz CT molecular complexity index is 1470.